The Morgan fingerprint density at radius 3 is 2.75 bits per heavy atom. The number of H-pyrrole nitrogens is 2. The molecule has 1 saturated heterocycles. The van der Waals surface area contributed by atoms with E-state index in [9.17, 15) is 0 Å². The molecule has 0 spiro atoms. The predicted octanol–water partition coefficient (Wildman–Crippen LogP) is 4.98. The number of hydrogen-bond donors (Lipinski definition) is 2. The number of morpholine rings is 1. The van der Waals surface area contributed by atoms with Gasteiger partial charge >= 0.3 is 0 Å². The van der Waals surface area contributed by atoms with E-state index in [-0.39, 0.29) is 12.2 Å². The van der Waals surface area contributed by atoms with Crippen molar-refractivity contribution in [3.63, 3.8) is 0 Å². The Morgan fingerprint density at radius 2 is 1.88 bits per heavy atom. The SMILES string of the molecule is C[C@@H]1CN(Cc2cnc(-c3cc(-c4cccc5[nH]ccc45)cc4[nH]ncc34)o2)C[C@H](C)O1. The number of oxazole rings is 1. The summed E-state index contributed by atoms with van der Waals surface area (Å²) in [6, 6.07) is 12.7. The molecule has 1 aliphatic heterocycles. The number of aromatic nitrogens is 4. The summed E-state index contributed by atoms with van der Waals surface area (Å²) in [5.41, 5.74) is 5.26. The number of nitrogens with one attached hydrogen (secondary N) is 2. The number of fused-ring (bicyclic) bond motifs is 2. The largest absolute Gasteiger partial charge is 0.440 e. The van der Waals surface area contributed by atoms with Crippen LogP contribution in [-0.4, -0.2) is 50.4 Å². The van der Waals surface area contributed by atoms with Gasteiger partial charge in [-0.05, 0) is 49.2 Å². The van der Waals surface area contributed by atoms with Gasteiger partial charge < -0.3 is 14.1 Å². The standard InChI is InChI=1S/C25H25N5O2/c1-15-12-30(13-16(2)31-15)14-18-10-27-25(32-18)21-8-17(9-24-22(21)11-28-29-24)19-4-3-5-23-20(19)6-7-26-23/h3-11,15-16,26H,12-14H2,1-2H3,(H,28,29)/t15-,16+. The smallest absolute Gasteiger partial charge is 0.227 e. The van der Waals surface area contributed by atoms with Gasteiger partial charge in [0.05, 0.1) is 36.7 Å². The van der Waals surface area contributed by atoms with Gasteiger partial charge in [-0.2, -0.15) is 5.10 Å². The average molecular weight is 428 g/mol. The van der Waals surface area contributed by atoms with Crippen molar-refractivity contribution >= 4 is 21.8 Å². The van der Waals surface area contributed by atoms with Gasteiger partial charge in [-0.25, -0.2) is 4.98 Å². The summed E-state index contributed by atoms with van der Waals surface area (Å²) < 4.78 is 12.1. The lowest BCUT2D eigenvalue weighted by atomic mass is 9.98. The first kappa shape index (κ1) is 19.3. The van der Waals surface area contributed by atoms with Gasteiger partial charge in [0.1, 0.15) is 5.76 Å². The highest BCUT2D eigenvalue weighted by atomic mass is 16.5. The van der Waals surface area contributed by atoms with Crippen molar-refractivity contribution in [3.05, 3.63) is 60.7 Å². The molecule has 5 aromatic rings. The first-order valence-corrected chi connectivity index (χ1v) is 11.0. The first-order valence-electron chi connectivity index (χ1n) is 11.0. The molecule has 1 fully saturated rings. The zero-order valence-electron chi connectivity index (χ0n) is 18.1. The maximum atomic E-state index is 6.24. The normalized spacial score (nSPS) is 19.8. The third-order valence-corrected chi connectivity index (χ3v) is 6.12. The van der Waals surface area contributed by atoms with Crippen molar-refractivity contribution in [3.8, 4) is 22.6 Å². The number of rotatable bonds is 4. The van der Waals surface area contributed by atoms with Crippen LogP contribution < -0.4 is 0 Å². The second kappa shape index (κ2) is 7.62. The molecule has 7 heteroatoms. The molecule has 162 valence electrons. The van der Waals surface area contributed by atoms with E-state index in [1.165, 1.54) is 5.39 Å². The van der Waals surface area contributed by atoms with Crippen LogP contribution in [0.15, 0.2) is 59.4 Å². The number of ether oxygens (including phenoxy) is 1. The molecule has 0 saturated carbocycles. The molecule has 0 aliphatic carbocycles. The van der Waals surface area contributed by atoms with Gasteiger partial charge in [0.15, 0.2) is 0 Å². The molecule has 7 nitrogen and oxygen atoms in total. The lowest BCUT2D eigenvalue weighted by Crippen LogP contribution is -2.44. The number of benzene rings is 2. The lowest BCUT2D eigenvalue weighted by molar-refractivity contribution is -0.0718. The summed E-state index contributed by atoms with van der Waals surface area (Å²) >= 11 is 0. The number of nitrogens with zero attached hydrogens (tertiary/aromatic N) is 3. The zero-order chi connectivity index (χ0) is 21.7. The van der Waals surface area contributed by atoms with Crippen LogP contribution in [0.25, 0.3) is 44.4 Å². The number of aromatic amines is 2. The average Bonchev–Trinajstić information content (AvgIpc) is 3.52. The van der Waals surface area contributed by atoms with Crippen molar-refractivity contribution in [1.29, 1.82) is 0 Å². The van der Waals surface area contributed by atoms with E-state index in [2.05, 4.69) is 75.3 Å². The maximum absolute atomic E-state index is 6.24. The molecule has 2 atom stereocenters. The van der Waals surface area contributed by atoms with Gasteiger partial charge in [0.2, 0.25) is 5.89 Å². The molecule has 0 radical (unpaired) electrons. The van der Waals surface area contributed by atoms with Crippen LogP contribution in [0.4, 0.5) is 0 Å². The van der Waals surface area contributed by atoms with Crippen molar-refractivity contribution in [2.75, 3.05) is 13.1 Å². The molecule has 0 amide bonds. The van der Waals surface area contributed by atoms with Gasteiger partial charge in [-0.15, -0.1) is 0 Å². The van der Waals surface area contributed by atoms with Gasteiger partial charge in [0, 0.05) is 41.1 Å². The second-order valence-corrected chi connectivity index (χ2v) is 8.68. The lowest BCUT2D eigenvalue weighted by Gasteiger charge is -2.34. The highest BCUT2D eigenvalue weighted by Gasteiger charge is 2.23. The van der Waals surface area contributed by atoms with E-state index in [1.54, 1.807) is 0 Å². The summed E-state index contributed by atoms with van der Waals surface area (Å²) in [5.74, 6) is 1.47. The Balaban J connectivity index is 1.38. The fourth-order valence-corrected chi connectivity index (χ4v) is 4.86. The Morgan fingerprint density at radius 1 is 1.00 bits per heavy atom. The van der Waals surface area contributed by atoms with E-state index < -0.39 is 0 Å². The van der Waals surface area contributed by atoms with Crippen LogP contribution in [0.2, 0.25) is 0 Å². The molecule has 3 aromatic heterocycles. The predicted molar refractivity (Wildman–Crippen MR) is 124 cm³/mol. The second-order valence-electron chi connectivity index (χ2n) is 8.68. The highest BCUT2D eigenvalue weighted by Crippen LogP contribution is 2.36. The van der Waals surface area contributed by atoms with Crippen LogP contribution >= 0.6 is 0 Å². The van der Waals surface area contributed by atoms with Gasteiger partial charge in [-0.1, -0.05) is 12.1 Å². The van der Waals surface area contributed by atoms with Crippen molar-refractivity contribution in [2.24, 2.45) is 0 Å². The molecular formula is C25H25N5O2. The summed E-state index contributed by atoms with van der Waals surface area (Å²) in [6.07, 6.45) is 6.09. The van der Waals surface area contributed by atoms with Crippen LogP contribution in [0.5, 0.6) is 0 Å². The monoisotopic (exact) mass is 427 g/mol. The van der Waals surface area contributed by atoms with E-state index in [0.717, 1.165) is 58.5 Å². The van der Waals surface area contributed by atoms with Crippen LogP contribution in [0, 0.1) is 0 Å². The van der Waals surface area contributed by atoms with E-state index in [4.69, 9.17) is 9.15 Å². The van der Waals surface area contributed by atoms with Gasteiger partial charge in [-0.3, -0.25) is 10.00 Å². The minimum atomic E-state index is 0.222. The molecule has 2 N–H and O–H groups in total. The van der Waals surface area contributed by atoms with Crippen molar-refractivity contribution < 1.29 is 9.15 Å². The van der Waals surface area contributed by atoms with Crippen LogP contribution in [0.1, 0.15) is 19.6 Å². The molecule has 1 aliphatic rings. The topological polar surface area (TPSA) is 83.0 Å². The van der Waals surface area contributed by atoms with Crippen LogP contribution in [-0.2, 0) is 11.3 Å². The quantitative estimate of drug-likeness (QED) is 0.423. The summed E-state index contributed by atoms with van der Waals surface area (Å²) in [6.45, 7) is 6.73. The molecule has 0 unspecified atom stereocenters. The summed E-state index contributed by atoms with van der Waals surface area (Å²) in [7, 11) is 0. The Kier molecular flexibility index (Phi) is 4.59. The fraction of sp³-hybridized carbons (Fsp3) is 0.280. The summed E-state index contributed by atoms with van der Waals surface area (Å²) in [4.78, 5) is 10.3. The Hall–Kier alpha value is -3.42. The Bertz CT molecular complexity index is 1390. The fourth-order valence-electron chi connectivity index (χ4n) is 4.86. The molecule has 0 bridgehead atoms. The summed E-state index contributed by atoms with van der Waals surface area (Å²) in [5, 5.41) is 9.56. The molecule has 4 heterocycles. The first-order chi connectivity index (χ1) is 15.6. The minimum Gasteiger partial charge on any atom is -0.440 e. The van der Waals surface area contributed by atoms with Crippen LogP contribution in [0.3, 0.4) is 0 Å². The van der Waals surface area contributed by atoms with E-state index in [0.29, 0.717) is 5.89 Å². The van der Waals surface area contributed by atoms with Crippen molar-refractivity contribution in [2.45, 2.75) is 32.6 Å². The third-order valence-electron chi connectivity index (χ3n) is 6.12. The molecule has 2 aromatic carbocycles. The zero-order valence-corrected chi connectivity index (χ0v) is 18.1. The van der Waals surface area contributed by atoms with E-state index in [1.807, 2.05) is 18.6 Å². The molecule has 32 heavy (non-hydrogen) atoms. The van der Waals surface area contributed by atoms with E-state index >= 15 is 0 Å². The Labute approximate surface area is 185 Å². The van der Waals surface area contributed by atoms with Crippen molar-refractivity contribution in [1.82, 2.24) is 25.1 Å². The van der Waals surface area contributed by atoms with Gasteiger partial charge in [0.25, 0.3) is 0 Å². The highest BCUT2D eigenvalue weighted by molar-refractivity contribution is 6.01. The molecular weight excluding hydrogens is 402 g/mol. The number of hydrogen-bond acceptors (Lipinski definition) is 5. The maximum Gasteiger partial charge on any atom is 0.227 e. The third kappa shape index (κ3) is 3.39. The molecule has 6 rings (SSSR count). The minimum absolute atomic E-state index is 0.222.